The molecule has 0 aliphatic carbocycles. The monoisotopic (exact) mass is 445 g/mol. The predicted octanol–water partition coefficient (Wildman–Crippen LogP) is 1.15. The van der Waals surface area contributed by atoms with Crippen molar-refractivity contribution in [2.75, 3.05) is 37.6 Å². The van der Waals surface area contributed by atoms with E-state index < -0.39 is 21.7 Å². The number of rotatable bonds is 3. The molecule has 1 unspecified atom stereocenters. The van der Waals surface area contributed by atoms with Crippen LogP contribution in [0.4, 0.5) is 10.5 Å². The summed E-state index contributed by atoms with van der Waals surface area (Å²) in [6.45, 7) is 2.13. The van der Waals surface area contributed by atoms with Gasteiger partial charge in [-0.15, -0.1) is 0 Å². The minimum atomic E-state index is -3.68. The SMILES string of the molecule is O=C(O)N1CC2(CCN2S(=O)(=O)c2ccc(N3CCC(O)C3)c(Br)c2)C1. The number of halogens is 1. The van der Waals surface area contributed by atoms with Gasteiger partial charge < -0.3 is 20.0 Å². The second-order valence-corrected chi connectivity index (χ2v) is 9.91. The Morgan fingerprint density at radius 3 is 2.50 bits per heavy atom. The smallest absolute Gasteiger partial charge is 0.407 e. The highest BCUT2D eigenvalue weighted by Crippen LogP contribution is 2.43. The molecule has 3 aliphatic rings. The maximum Gasteiger partial charge on any atom is 0.407 e. The topological polar surface area (TPSA) is 101 Å². The molecule has 3 saturated heterocycles. The third-order valence-electron chi connectivity index (χ3n) is 5.56. The molecule has 8 nitrogen and oxygen atoms in total. The van der Waals surface area contributed by atoms with Crippen molar-refractivity contribution in [3.8, 4) is 0 Å². The lowest BCUT2D eigenvalue weighted by atomic mass is 9.80. The van der Waals surface area contributed by atoms with Crippen LogP contribution in [0.2, 0.25) is 0 Å². The molecule has 10 heteroatoms. The van der Waals surface area contributed by atoms with Gasteiger partial charge in [0.2, 0.25) is 10.0 Å². The molecule has 1 atom stereocenters. The van der Waals surface area contributed by atoms with Crippen LogP contribution in [0, 0.1) is 0 Å². The van der Waals surface area contributed by atoms with Crippen LogP contribution in [0.15, 0.2) is 27.6 Å². The Balaban J connectivity index is 1.55. The first kappa shape index (κ1) is 18.0. The van der Waals surface area contributed by atoms with Gasteiger partial charge in [0.15, 0.2) is 0 Å². The van der Waals surface area contributed by atoms with Crippen LogP contribution in [0.5, 0.6) is 0 Å². The van der Waals surface area contributed by atoms with Crippen molar-refractivity contribution in [1.29, 1.82) is 0 Å². The number of carboxylic acid groups (broad SMARTS) is 1. The molecule has 4 rings (SSSR count). The summed E-state index contributed by atoms with van der Waals surface area (Å²) in [5, 5.41) is 18.7. The van der Waals surface area contributed by atoms with Gasteiger partial charge in [-0.2, -0.15) is 4.31 Å². The van der Waals surface area contributed by atoms with E-state index in [0.717, 1.165) is 12.2 Å². The molecule has 1 spiro atoms. The summed E-state index contributed by atoms with van der Waals surface area (Å²) in [6, 6.07) is 4.93. The standard InChI is InChI=1S/C16H20BrN3O5S/c17-13-7-12(1-2-14(13)18-5-3-11(21)8-18)26(24,25)20-6-4-16(20)9-19(10-16)15(22)23/h1-2,7,11,21H,3-6,8-10H2,(H,22,23). The lowest BCUT2D eigenvalue weighted by Crippen LogP contribution is -2.78. The van der Waals surface area contributed by atoms with Gasteiger partial charge in [-0.05, 0) is 47.0 Å². The lowest BCUT2D eigenvalue weighted by Gasteiger charge is -2.60. The van der Waals surface area contributed by atoms with E-state index in [4.69, 9.17) is 5.11 Å². The molecule has 0 saturated carbocycles. The van der Waals surface area contributed by atoms with Crippen molar-refractivity contribution in [3.05, 3.63) is 22.7 Å². The molecule has 142 valence electrons. The van der Waals surface area contributed by atoms with E-state index in [1.165, 1.54) is 9.21 Å². The fourth-order valence-electron chi connectivity index (χ4n) is 4.00. The summed E-state index contributed by atoms with van der Waals surface area (Å²) >= 11 is 3.45. The molecule has 1 aromatic carbocycles. The molecule has 0 radical (unpaired) electrons. The van der Waals surface area contributed by atoms with Crippen LogP contribution in [0.3, 0.4) is 0 Å². The van der Waals surface area contributed by atoms with Crippen molar-refractivity contribution in [2.24, 2.45) is 0 Å². The van der Waals surface area contributed by atoms with Gasteiger partial charge in [-0.25, -0.2) is 13.2 Å². The molecule has 2 N–H and O–H groups in total. The van der Waals surface area contributed by atoms with Gasteiger partial charge >= 0.3 is 6.09 Å². The molecule has 1 aromatic rings. The summed E-state index contributed by atoms with van der Waals surface area (Å²) < 4.78 is 28.1. The van der Waals surface area contributed by atoms with Gasteiger partial charge in [0.1, 0.15) is 0 Å². The number of β-amino-alcohol motifs (C(OH)–C–C–N with tert-alkyl or cyclic N) is 1. The van der Waals surface area contributed by atoms with E-state index in [2.05, 4.69) is 15.9 Å². The predicted molar refractivity (Wildman–Crippen MR) is 97.8 cm³/mol. The van der Waals surface area contributed by atoms with E-state index in [-0.39, 0.29) is 24.1 Å². The van der Waals surface area contributed by atoms with Crippen molar-refractivity contribution in [2.45, 2.75) is 29.4 Å². The van der Waals surface area contributed by atoms with Crippen LogP contribution in [-0.4, -0.2) is 78.3 Å². The zero-order valence-corrected chi connectivity index (χ0v) is 16.4. The first-order valence-corrected chi connectivity index (χ1v) is 10.7. The first-order chi connectivity index (χ1) is 12.2. The average Bonchev–Trinajstić information content (AvgIpc) is 2.90. The Morgan fingerprint density at radius 1 is 1.27 bits per heavy atom. The third kappa shape index (κ3) is 2.70. The average molecular weight is 446 g/mol. The van der Waals surface area contributed by atoms with Gasteiger partial charge in [0.25, 0.3) is 0 Å². The van der Waals surface area contributed by atoms with Crippen molar-refractivity contribution >= 4 is 37.7 Å². The maximum absolute atomic E-state index is 13.0. The van der Waals surface area contributed by atoms with Gasteiger partial charge in [-0.1, -0.05) is 0 Å². The Kier molecular flexibility index (Phi) is 4.22. The molecule has 0 bridgehead atoms. The fourth-order valence-corrected chi connectivity index (χ4v) is 6.59. The summed E-state index contributed by atoms with van der Waals surface area (Å²) in [7, 11) is -3.68. The quantitative estimate of drug-likeness (QED) is 0.723. The zero-order valence-electron chi connectivity index (χ0n) is 14.0. The summed E-state index contributed by atoms with van der Waals surface area (Å²) in [4.78, 5) is 14.4. The molecule has 26 heavy (non-hydrogen) atoms. The Morgan fingerprint density at radius 2 is 2.00 bits per heavy atom. The Hall–Kier alpha value is -1.36. The number of anilines is 1. The van der Waals surface area contributed by atoms with Crippen molar-refractivity contribution < 1.29 is 23.4 Å². The largest absolute Gasteiger partial charge is 0.465 e. The number of likely N-dealkylation sites (tertiary alicyclic amines) is 1. The first-order valence-electron chi connectivity index (χ1n) is 8.46. The van der Waals surface area contributed by atoms with E-state index in [1.807, 2.05) is 4.90 Å². The molecular weight excluding hydrogens is 426 g/mol. The Labute approximate surface area is 160 Å². The van der Waals surface area contributed by atoms with Gasteiger partial charge in [0.05, 0.1) is 22.2 Å². The number of hydrogen-bond donors (Lipinski definition) is 2. The number of amides is 1. The molecule has 1 amide bonds. The van der Waals surface area contributed by atoms with Crippen LogP contribution in [0.1, 0.15) is 12.8 Å². The Bertz CT molecular complexity index is 855. The van der Waals surface area contributed by atoms with Crippen LogP contribution < -0.4 is 4.90 Å². The second-order valence-electron chi connectivity index (χ2n) is 7.19. The van der Waals surface area contributed by atoms with Crippen LogP contribution in [0.25, 0.3) is 0 Å². The summed E-state index contributed by atoms with van der Waals surface area (Å²) in [5.41, 5.74) is 0.279. The van der Waals surface area contributed by atoms with Gasteiger partial charge in [-0.3, -0.25) is 0 Å². The molecule has 3 heterocycles. The molecule has 3 fully saturated rings. The number of aliphatic hydroxyl groups is 1. The number of benzene rings is 1. The highest BCUT2D eigenvalue weighted by atomic mass is 79.9. The van der Waals surface area contributed by atoms with Crippen molar-refractivity contribution in [3.63, 3.8) is 0 Å². The number of nitrogens with zero attached hydrogens (tertiary/aromatic N) is 3. The highest BCUT2D eigenvalue weighted by Gasteiger charge is 2.59. The molecular formula is C16H20BrN3O5S. The lowest BCUT2D eigenvalue weighted by molar-refractivity contribution is -0.0598. The normalized spacial score (nSPS) is 25.2. The molecule has 3 aliphatic heterocycles. The maximum atomic E-state index is 13.0. The number of hydrogen-bond acceptors (Lipinski definition) is 5. The number of sulfonamides is 1. The second kappa shape index (κ2) is 6.08. The zero-order chi connectivity index (χ0) is 18.7. The van der Waals surface area contributed by atoms with E-state index in [1.54, 1.807) is 18.2 Å². The van der Waals surface area contributed by atoms with Gasteiger partial charge in [0, 0.05) is 37.2 Å². The third-order valence-corrected chi connectivity index (χ3v) is 8.20. The minimum absolute atomic E-state index is 0.195. The minimum Gasteiger partial charge on any atom is -0.465 e. The van der Waals surface area contributed by atoms with Crippen LogP contribution in [-0.2, 0) is 10.0 Å². The number of carbonyl (C=O) groups is 1. The van der Waals surface area contributed by atoms with E-state index >= 15 is 0 Å². The van der Waals surface area contributed by atoms with E-state index in [9.17, 15) is 18.3 Å². The number of aliphatic hydroxyl groups excluding tert-OH is 1. The van der Waals surface area contributed by atoms with E-state index in [0.29, 0.717) is 30.4 Å². The summed E-state index contributed by atoms with van der Waals surface area (Å²) in [5.74, 6) is 0. The van der Waals surface area contributed by atoms with Crippen LogP contribution >= 0.6 is 15.9 Å². The molecule has 0 aromatic heterocycles. The van der Waals surface area contributed by atoms with Crippen molar-refractivity contribution in [1.82, 2.24) is 9.21 Å². The highest BCUT2D eigenvalue weighted by molar-refractivity contribution is 9.10. The summed E-state index contributed by atoms with van der Waals surface area (Å²) in [6.07, 6.45) is 0.00545. The fraction of sp³-hybridized carbons (Fsp3) is 0.562.